The topological polar surface area (TPSA) is 83.6 Å². The van der Waals surface area contributed by atoms with Gasteiger partial charge in [-0.1, -0.05) is 30.3 Å². The number of benzene rings is 1. The van der Waals surface area contributed by atoms with Crippen LogP contribution in [0.4, 0.5) is 0 Å². The Kier molecular flexibility index (Phi) is 9.52. The van der Waals surface area contributed by atoms with Gasteiger partial charge in [-0.05, 0) is 24.0 Å². The molecule has 1 aromatic rings. The number of carbonyl (C=O) groups is 1. The molecule has 0 saturated carbocycles. The summed E-state index contributed by atoms with van der Waals surface area (Å²) in [5.41, 5.74) is 6.15. The number of thioether (sulfide) groups is 1. The summed E-state index contributed by atoms with van der Waals surface area (Å²) in [6.45, 7) is 0.140. The van der Waals surface area contributed by atoms with Gasteiger partial charge in [-0.3, -0.25) is 4.79 Å². The molecule has 0 aliphatic rings. The first-order chi connectivity index (χ1) is 8.11. The van der Waals surface area contributed by atoms with Crippen molar-refractivity contribution in [2.45, 2.75) is 19.1 Å². The Balaban J connectivity index is 0.000000302. The number of aliphatic carboxylic acids is 1. The van der Waals surface area contributed by atoms with Crippen molar-refractivity contribution in [2.75, 3.05) is 12.0 Å². The van der Waals surface area contributed by atoms with Crippen molar-refractivity contribution in [3.63, 3.8) is 0 Å². The first-order valence-electron chi connectivity index (χ1n) is 5.24. The molecule has 0 saturated heterocycles. The van der Waals surface area contributed by atoms with Crippen LogP contribution in [0.3, 0.4) is 0 Å². The minimum atomic E-state index is -0.913. The quantitative estimate of drug-likeness (QED) is 0.741. The molecule has 0 radical (unpaired) electrons. The van der Waals surface area contributed by atoms with Gasteiger partial charge < -0.3 is 15.9 Å². The van der Waals surface area contributed by atoms with Gasteiger partial charge in [0.25, 0.3) is 0 Å². The lowest BCUT2D eigenvalue weighted by Crippen LogP contribution is -2.30. The summed E-state index contributed by atoms with van der Waals surface area (Å²) in [6.07, 6.45) is 2.48. The third kappa shape index (κ3) is 8.74. The molecule has 1 unspecified atom stereocenters. The van der Waals surface area contributed by atoms with Crippen LogP contribution in [0.15, 0.2) is 30.3 Å². The largest absolute Gasteiger partial charge is 0.480 e. The molecule has 4 nitrogen and oxygen atoms in total. The highest BCUT2D eigenvalue weighted by molar-refractivity contribution is 7.98. The lowest BCUT2D eigenvalue weighted by molar-refractivity contribution is -0.138. The predicted molar refractivity (Wildman–Crippen MR) is 71.0 cm³/mol. The molecule has 0 heterocycles. The van der Waals surface area contributed by atoms with Crippen molar-refractivity contribution in [1.29, 1.82) is 0 Å². The van der Waals surface area contributed by atoms with Crippen molar-refractivity contribution in [2.24, 2.45) is 5.73 Å². The Morgan fingerprint density at radius 3 is 2.35 bits per heavy atom. The maximum atomic E-state index is 10.1. The van der Waals surface area contributed by atoms with Gasteiger partial charge in [-0.25, -0.2) is 0 Å². The zero-order valence-electron chi connectivity index (χ0n) is 9.87. The molecule has 96 valence electrons. The van der Waals surface area contributed by atoms with E-state index >= 15 is 0 Å². The molecule has 5 heteroatoms. The minimum Gasteiger partial charge on any atom is -0.480 e. The Bertz CT molecular complexity index is 306. The number of aliphatic hydroxyl groups excluding tert-OH is 1. The second kappa shape index (κ2) is 10.1. The SMILES string of the molecule is CSCCC(N)C(=O)O.OCc1ccccc1. The van der Waals surface area contributed by atoms with E-state index in [0.29, 0.717) is 6.42 Å². The van der Waals surface area contributed by atoms with E-state index in [0.717, 1.165) is 11.3 Å². The van der Waals surface area contributed by atoms with Crippen molar-refractivity contribution in [3.8, 4) is 0 Å². The molecule has 1 atom stereocenters. The van der Waals surface area contributed by atoms with Crippen molar-refractivity contribution in [3.05, 3.63) is 35.9 Å². The number of carboxylic acids is 1. The van der Waals surface area contributed by atoms with Crippen molar-refractivity contribution in [1.82, 2.24) is 0 Å². The molecule has 17 heavy (non-hydrogen) atoms. The highest BCUT2D eigenvalue weighted by atomic mass is 32.2. The van der Waals surface area contributed by atoms with Crippen LogP contribution in [0.2, 0.25) is 0 Å². The maximum absolute atomic E-state index is 10.1. The number of aliphatic hydroxyl groups is 1. The number of nitrogens with two attached hydrogens (primary N) is 1. The number of hydrogen-bond donors (Lipinski definition) is 3. The Hall–Kier alpha value is -1.04. The Labute approximate surface area is 106 Å². The van der Waals surface area contributed by atoms with Crippen LogP contribution >= 0.6 is 11.8 Å². The summed E-state index contributed by atoms with van der Waals surface area (Å²) in [6, 6.07) is 8.84. The minimum absolute atomic E-state index is 0.140. The summed E-state index contributed by atoms with van der Waals surface area (Å²) in [4.78, 5) is 10.1. The first kappa shape index (κ1) is 16.0. The van der Waals surface area contributed by atoms with E-state index in [4.69, 9.17) is 15.9 Å². The van der Waals surface area contributed by atoms with Gasteiger partial charge >= 0.3 is 5.97 Å². The van der Waals surface area contributed by atoms with E-state index in [-0.39, 0.29) is 6.61 Å². The van der Waals surface area contributed by atoms with Gasteiger partial charge in [0, 0.05) is 0 Å². The van der Waals surface area contributed by atoms with Crippen molar-refractivity contribution < 1.29 is 15.0 Å². The molecule has 0 fully saturated rings. The molecule has 1 aromatic carbocycles. The first-order valence-corrected chi connectivity index (χ1v) is 6.63. The average Bonchev–Trinajstić information content (AvgIpc) is 2.37. The van der Waals surface area contributed by atoms with Gasteiger partial charge in [0.05, 0.1) is 6.61 Å². The smallest absolute Gasteiger partial charge is 0.320 e. The predicted octanol–water partition coefficient (Wildman–Crippen LogP) is 1.33. The fourth-order valence-electron chi connectivity index (χ4n) is 0.952. The molecular formula is C12H19NO3S. The average molecular weight is 257 g/mol. The van der Waals surface area contributed by atoms with Crippen LogP contribution < -0.4 is 5.73 Å². The zero-order chi connectivity index (χ0) is 13.1. The number of hydrogen-bond acceptors (Lipinski definition) is 4. The fraction of sp³-hybridized carbons (Fsp3) is 0.417. The zero-order valence-corrected chi connectivity index (χ0v) is 10.7. The second-order valence-corrected chi connectivity index (χ2v) is 4.36. The highest BCUT2D eigenvalue weighted by Gasteiger charge is 2.08. The van der Waals surface area contributed by atoms with E-state index in [1.165, 1.54) is 0 Å². The van der Waals surface area contributed by atoms with Gasteiger partial charge in [-0.15, -0.1) is 0 Å². The monoisotopic (exact) mass is 257 g/mol. The van der Waals surface area contributed by atoms with Gasteiger partial charge in [0.2, 0.25) is 0 Å². The lowest BCUT2D eigenvalue weighted by Gasteiger charge is -2.02. The van der Waals surface area contributed by atoms with E-state index in [9.17, 15) is 4.79 Å². The molecule has 1 rings (SSSR count). The molecule has 0 spiro atoms. The molecule has 0 aliphatic heterocycles. The van der Waals surface area contributed by atoms with Crippen LogP contribution in [0.1, 0.15) is 12.0 Å². The normalized spacial score (nSPS) is 11.2. The van der Waals surface area contributed by atoms with E-state index in [1.807, 2.05) is 36.6 Å². The van der Waals surface area contributed by atoms with Gasteiger partial charge in [0.1, 0.15) is 6.04 Å². The van der Waals surface area contributed by atoms with Gasteiger partial charge in [-0.2, -0.15) is 11.8 Å². The Morgan fingerprint density at radius 1 is 1.41 bits per heavy atom. The molecule has 4 N–H and O–H groups in total. The standard InChI is InChI=1S/C7H8O.C5H11NO2S/c8-6-7-4-2-1-3-5-7;1-9-3-2-4(6)5(7)8/h1-5,8H,6H2;4H,2-3,6H2,1H3,(H,7,8). The molecule has 0 aliphatic carbocycles. The van der Waals surface area contributed by atoms with Crippen LogP contribution in [-0.2, 0) is 11.4 Å². The van der Waals surface area contributed by atoms with Crippen LogP contribution in [0.5, 0.6) is 0 Å². The van der Waals surface area contributed by atoms with Crippen LogP contribution in [0, 0.1) is 0 Å². The summed E-state index contributed by atoms with van der Waals surface area (Å²) in [7, 11) is 0. The number of carboxylic acid groups (broad SMARTS) is 1. The molecule has 0 aromatic heterocycles. The van der Waals surface area contributed by atoms with E-state index in [2.05, 4.69) is 0 Å². The summed E-state index contributed by atoms with van der Waals surface area (Å²) in [5, 5.41) is 16.8. The number of rotatable bonds is 5. The van der Waals surface area contributed by atoms with Crippen LogP contribution in [-0.4, -0.2) is 34.2 Å². The highest BCUT2D eigenvalue weighted by Crippen LogP contribution is 1.97. The third-order valence-corrected chi connectivity index (χ3v) is 2.62. The second-order valence-electron chi connectivity index (χ2n) is 3.37. The summed E-state index contributed by atoms with van der Waals surface area (Å²) < 4.78 is 0. The van der Waals surface area contributed by atoms with Crippen LogP contribution in [0.25, 0.3) is 0 Å². The maximum Gasteiger partial charge on any atom is 0.320 e. The van der Waals surface area contributed by atoms with Gasteiger partial charge in [0.15, 0.2) is 0 Å². The fourth-order valence-corrected chi connectivity index (χ4v) is 1.44. The molecule has 0 bridgehead atoms. The Morgan fingerprint density at radius 2 is 2.00 bits per heavy atom. The third-order valence-electron chi connectivity index (χ3n) is 1.98. The summed E-state index contributed by atoms with van der Waals surface area (Å²) >= 11 is 1.60. The molecular weight excluding hydrogens is 238 g/mol. The lowest BCUT2D eigenvalue weighted by atomic mass is 10.2. The molecule has 0 amide bonds. The van der Waals surface area contributed by atoms with E-state index in [1.54, 1.807) is 11.8 Å². The summed E-state index contributed by atoms with van der Waals surface area (Å²) in [5.74, 6) is -0.1000. The van der Waals surface area contributed by atoms with Crippen molar-refractivity contribution >= 4 is 17.7 Å². The van der Waals surface area contributed by atoms with E-state index < -0.39 is 12.0 Å².